The molecule has 2 aromatic carbocycles. The Morgan fingerprint density at radius 1 is 1.10 bits per heavy atom. The summed E-state index contributed by atoms with van der Waals surface area (Å²) in [5.74, 6) is -0.424. The average molecular weight is 305 g/mol. The van der Waals surface area contributed by atoms with E-state index in [-0.39, 0.29) is 11.4 Å². The second-order valence-corrected chi connectivity index (χ2v) is 6.14. The largest absolute Gasteiger partial charge is 0.392 e. The van der Waals surface area contributed by atoms with Gasteiger partial charge in [0.05, 0.1) is 11.1 Å². The van der Waals surface area contributed by atoms with Crippen molar-refractivity contribution in [1.82, 2.24) is 0 Å². The Morgan fingerprint density at radius 2 is 1.90 bits per heavy atom. The molecule has 2 aromatic rings. The molecule has 0 spiro atoms. The summed E-state index contributed by atoms with van der Waals surface area (Å²) in [6.45, 7) is 0. The molecule has 1 aliphatic carbocycles. The highest BCUT2D eigenvalue weighted by atomic mass is 35.5. The van der Waals surface area contributed by atoms with E-state index in [0.717, 1.165) is 18.4 Å². The minimum Gasteiger partial charge on any atom is -0.392 e. The first-order valence-corrected chi connectivity index (χ1v) is 7.73. The van der Waals surface area contributed by atoms with Gasteiger partial charge in [-0.3, -0.25) is 0 Å². The number of hydrogen-bond donors (Lipinski definition) is 1. The molecule has 0 fully saturated rings. The Bertz CT molecular complexity index is 654. The number of halogens is 2. The van der Waals surface area contributed by atoms with E-state index < -0.39 is 11.9 Å². The molecule has 0 amide bonds. The van der Waals surface area contributed by atoms with E-state index >= 15 is 0 Å². The third kappa shape index (κ3) is 3.28. The predicted molar refractivity (Wildman–Crippen MR) is 83.3 cm³/mol. The minimum absolute atomic E-state index is 0.109. The number of hydrogen-bond acceptors (Lipinski definition) is 1. The molecule has 0 aromatic heterocycles. The van der Waals surface area contributed by atoms with E-state index in [1.807, 2.05) is 0 Å². The van der Waals surface area contributed by atoms with E-state index in [2.05, 4.69) is 18.2 Å². The van der Waals surface area contributed by atoms with E-state index in [1.54, 1.807) is 12.1 Å². The van der Waals surface area contributed by atoms with Crippen LogP contribution in [0.2, 0.25) is 5.02 Å². The molecule has 1 N–H and O–H groups in total. The topological polar surface area (TPSA) is 20.2 Å². The standard InChI is InChI=1S/C18H18ClFO/c19-17-6-2-5-15(18(17)20)11-16(21)10-12-7-8-13-3-1-4-14(13)9-12/h2,5-9,16,21H,1,3-4,10-11H2. The summed E-state index contributed by atoms with van der Waals surface area (Å²) < 4.78 is 13.8. The van der Waals surface area contributed by atoms with Crippen molar-refractivity contribution in [2.24, 2.45) is 0 Å². The molecule has 1 atom stereocenters. The lowest BCUT2D eigenvalue weighted by Crippen LogP contribution is -2.15. The zero-order chi connectivity index (χ0) is 14.8. The first-order valence-electron chi connectivity index (χ1n) is 7.35. The number of benzene rings is 2. The van der Waals surface area contributed by atoms with Gasteiger partial charge in [-0.1, -0.05) is 41.9 Å². The molecule has 3 heteroatoms. The Morgan fingerprint density at radius 3 is 2.76 bits per heavy atom. The third-order valence-electron chi connectivity index (χ3n) is 4.12. The van der Waals surface area contributed by atoms with Gasteiger partial charge in [0.15, 0.2) is 0 Å². The summed E-state index contributed by atoms with van der Waals surface area (Å²) in [5.41, 5.74) is 4.41. The quantitative estimate of drug-likeness (QED) is 0.901. The van der Waals surface area contributed by atoms with Crippen LogP contribution in [0.15, 0.2) is 36.4 Å². The lowest BCUT2D eigenvalue weighted by atomic mass is 9.98. The van der Waals surface area contributed by atoms with Crippen LogP contribution in [0.25, 0.3) is 0 Å². The van der Waals surface area contributed by atoms with E-state index in [1.165, 1.54) is 23.6 Å². The Balaban J connectivity index is 1.69. The van der Waals surface area contributed by atoms with Crippen LogP contribution in [0.5, 0.6) is 0 Å². The van der Waals surface area contributed by atoms with Crippen molar-refractivity contribution in [2.75, 3.05) is 0 Å². The molecule has 110 valence electrons. The van der Waals surface area contributed by atoms with E-state index in [9.17, 15) is 9.50 Å². The Hall–Kier alpha value is -1.38. The van der Waals surface area contributed by atoms with Gasteiger partial charge in [-0.15, -0.1) is 0 Å². The number of fused-ring (bicyclic) bond motifs is 1. The fourth-order valence-electron chi connectivity index (χ4n) is 3.06. The molecule has 0 saturated carbocycles. The molecule has 0 bridgehead atoms. The zero-order valence-corrected chi connectivity index (χ0v) is 12.5. The predicted octanol–water partition coefficient (Wildman–Crippen LogP) is 4.11. The molecule has 0 aliphatic heterocycles. The van der Waals surface area contributed by atoms with Crippen LogP contribution in [-0.4, -0.2) is 11.2 Å². The van der Waals surface area contributed by atoms with Gasteiger partial charge in [0.25, 0.3) is 0 Å². The highest BCUT2D eigenvalue weighted by molar-refractivity contribution is 6.30. The normalized spacial score (nSPS) is 15.0. The van der Waals surface area contributed by atoms with Gasteiger partial charge >= 0.3 is 0 Å². The van der Waals surface area contributed by atoms with Gasteiger partial charge in [0.2, 0.25) is 0 Å². The molecule has 0 heterocycles. The molecule has 3 rings (SSSR count). The molecule has 0 radical (unpaired) electrons. The van der Waals surface area contributed by atoms with Crippen LogP contribution in [0, 0.1) is 5.82 Å². The molecule has 0 saturated heterocycles. The van der Waals surface area contributed by atoms with E-state index in [0.29, 0.717) is 12.0 Å². The molecule has 1 aliphatic rings. The monoisotopic (exact) mass is 304 g/mol. The molecule has 21 heavy (non-hydrogen) atoms. The highest BCUT2D eigenvalue weighted by Crippen LogP contribution is 2.24. The van der Waals surface area contributed by atoms with Gasteiger partial charge in [0, 0.05) is 6.42 Å². The van der Waals surface area contributed by atoms with Crippen LogP contribution >= 0.6 is 11.6 Å². The molecular weight excluding hydrogens is 287 g/mol. The molecule has 1 unspecified atom stereocenters. The fourth-order valence-corrected chi connectivity index (χ4v) is 3.25. The van der Waals surface area contributed by atoms with Gasteiger partial charge in [-0.25, -0.2) is 4.39 Å². The second kappa shape index (κ2) is 6.17. The average Bonchev–Trinajstić information content (AvgIpc) is 2.91. The van der Waals surface area contributed by atoms with Gasteiger partial charge in [-0.2, -0.15) is 0 Å². The molecular formula is C18H18ClFO. The fraction of sp³-hybridized carbons (Fsp3) is 0.333. The van der Waals surface area contributed by atoms with Gasteiger partial charge in [-0.05, 0) is 54.0 Å². The third-order valence-corrected chi connectivity index (χ3v) is 4.41. The minimum atomic E-state index is -0.600. The van der Waals surface area contributed by atoms with E-state index in [4.69, 9.17) is 11.6 Å². The van der Waals surface area contributed by atoms with Crippen molar-refractivity contribution < 1.29 is 9.50 Å². The van der Waals surface area contributed by atoms with Crippen LogP contribution in [-0.2, 0) is 25.7 Å². The Labute approximate surface area is 129 Å². The Kier molecular flexibility index (Phi) is 4.27. The highest BCUT2D eigenvalue weighted by Gasteiger charge is 2.15. The summed E-state index contributed by atoms with van der Waals surface area (Å²) in [6, 6.07) is 11.3. The lowest BCUT2D eigenvalue weighted by Gasteiger charge is -2.13. The number of aliphatic hydroxyl groups excluding tert-OH is 1. The lowest BCUT2D eigenvalue weighted by molar-refractivity contribution is 0.174. The first-order chi connectivity index (χ1) is 10.1. The van der Waals surface area contributed by atoms with Crippen LogP contribution < -0.4 is 0 Å². The van der Waals surface area contributed by atoms with Crippen LogP contribution in [0.4, 0.5) is 4.39 Å². The maximum Gasteiger partial charge on any atom is 0.145 e. The maximum atomic E-state index is 13.8. The van der Waals surface area contributed by atoms with Gasteiger partial charge in [0.1, 0.15) is 5.82 Å². The zero-order valence-electron chi connectivity index (χ0n) is 11.8. The number of aliphatic hydroxyl groups is 1. The number of rotatable bonds is 4. The van der Waals surface area contributed by atoms with Crippen molar-refractivity contribution in [2.45, 2.75) is 38.2 Å². The van der Waals surface area contributed by atoms with Crippen molar-refractivity contribution in [3.05, 3.63) is 69.5 Å². The summed E-state index contributed by atoms with van der Waals surface area (Å²) >= 11 is 5.76. The van der Waals surface area contributed by atoms with Crippen molar-refractivity contribution in [3.8, 4) is 0 Å². The second-order valence-electron chi connectivity index (χ2n) is 5.73. The summed E-state index contributed by atoms with van der Waals surface area (Å²) in [7, 11) is 0. The summed E-state index contributed by atoms with van der Waals surface area (Å²) in [5, 5.41) is 10.3. The maximum absolute atomic E-state index is 13.8. The molecule has 1 nitrogen and oxygen atoms in total. The summed E-state index contributed by atoms with van der Waals surface area (Å²) in [4.78, 5) is 0. The van der Waals surface area contributed by atoms with Crippen LogP contribution in [0.1, 0.15) is 28.7 Å². The van der Waals surface area contributed by atoms with Crippen LogP contribution in [0.3, 0.4) is 0 Å². The summed E-state index contributed by atoms with van der Waals surface area (Å²) in [6.07, 6.45) is 3.73. The van der Waals surface area contributed by atoms with Crippen molar-refractivity contribution in [1.29, 1.82) is 0 Å². The van der Waals surface area contributed by atoms with Gasteiger partial charge < -0.3 is 5.11 Å². The smallest absolute Gasteiger partial charge is 0.145 e. The van der Waals surface area contributed by atoms with Crippen molar-refractivity contribution in [3.63, 3.8) is 0 Å². The SMILES string of the molecule is OC(Cc1ccc2c(c1)CCC2)Cc1cccc(Cl)c1F. The number of aryl methyl sites for hydroxylation is 2. The van der Waals surface area contributed by atoms with Crippen molar-refractivity contribution >= 4 is 11.6 Å². The first kappa shape index (κ1) is 14.6.